The third-order valence-corrected chi connectivity index (χ3v) is 5.11. The molecule has 0 aliphatic heterocycles. The highest BCUT2D eigenvalue weighted by molar-refractivity contribution is 7.84. The normalized spacial score (nSPS) is 16.1. The van der Waals surface area contributed by atoms with Crippen LogP contribution in [-0.2, 0) is 10.8 Å². The van der Waals surface area contributed by atoms with Crippen molar-refractivity contribution in [1.29, 1.82) is 0 Å². The van der Waals surface area contributed by atoms with E-state index in [9.17, 15) is 4.21 Å². The molecule has 1 rings (SSSR count). The second-order valence-corrected chi connectivity index (χ2v) is 7.39. The highest BCUT2D eigenvalue weighted by atomic mass is 32.2. The number of hydrogen-bond acceptors (Lipinski definition) is 2. The summed E-state index contributed by atoms with van der Waals surface area (Å²) in [5, 5.41) is 3.82. The van der Waals surface area contributed by atoms with Gasteiger partial charge in [0.25, 0.3) is 0 Å². The molecule has 1 aromatic carbocycles. The molecule has 0 fully saturated rings. The highest BCUT2D eigenvalue weighted by Crippen LogP contribution is 2.23. The molecule has 0 saturated carbocycles. The molecule has 2 nitrogen and oxygen atoms in total. The molecule has 0 heterocycles. The summed E-state index contributed by atoms with van der Waals surface area (Å²) in [6, 6.07) is 4.83. The lowest BCUT2D eigenvalue weighted by Gasteiger charge is -2.20. The Hall–Kier alpha value is -0.670. The molecular weight excluding hydrogens is 254 g/mol. The summed E-state index contributed by atoms with van der Waals surface area (Å²) in [5.74, 6) is 0. The number of hydrogen-bond donors (Lipinski definition) is 1. The van der Waals surface area contributed by atoms with Gasteiger partial charge < -0.3 is 5.32 Å². The van der Waals surface area contributed by atoms with Crippen LogP contribution in [0, 0.1) is 20.8 Å². The number of aryl methyl sites for hydroxylation is 3. The summed E-state index contributed by atoms with van der Waals surface area (Å²) in [6.45, 7) is 11.7. The molecule has 0 spiro atoms. The van der Waals surface area contributed by atoms with E-state index in [2.05, 4.69) is 45.1 Å². The fourth-order valence-corrected chi connectivity index (χ4v) is 3.10. The molecule has 0 radical (unpaired) electrons. The minimum atomic E-state index is -0.721. The zero-order chi connectivity index (χ0) is 14.6. The zero-order valence-corrected chi connectivity index (χ0v) is 13.9. The smallest absolute Gasteiger partial charge is 0.0329 e. The highest BCUT2D eigenvalue weighted by Gasteiger charge is 2.12. The van der Waals surface area contributed by atoms with Gasteiger partial charge >= 0.3 is 0 Å². The molecule has 0 amide bonds. The van der Waals surface area contributed by atoms with Gasteiger partial charge in [0.1, 0.15) is 0 Å². The van der Waals surface area contributed by atoms with E-state index in [1.165, 1.54) is 22.3 Å². The number of nitrogens with one attached hydrogen (secondary N) is 1. The van der Waals surface area contributed by atoms with Gasteiger partial charge in [0.2, 0.25) is 0 Å². The SMILES string of the molecule is Cc1cc(C)c(C(C)NCCC(C)S(C)=O)c(C)c1. The van der Waals surface area contributed by atoms with E-state index in [4.69, 9.17) is 0 Å². The van der Waals surface area contributed by atoms with E-state index in [1.54, 1.807) is 6.26 Å². The van der Waals surface area contributed by atoms with Crippen molar-refractivity contribution in [3.63, 3.8) is 0 Å². The molecule has 3 atom stereocenters. The molecule has 0 aromatic heterocycles. The Morgan fingerprint density at radius 3 is 2.16 bits per heavy atom. The van der Waals surface area contributed by atoms with E-state index in [-0.39, 0.29) is 5.25 Å². The van der Waals surface area contributed by atoms with Crippen molar-refractivity contribution >= 4 is 10.8 Å². The van der Waals surface area contributed by atoms with Crippen molar-refractivity contribution in [3.8, 4) is 0 Å². The molecule has 0 aliphatic carbocycles. The standard InChI is InChI=1S/C16H27NOS/c1-11-9-12(2)16(13(3)10-11)15(5)17-8-7-14(4)19(6)18/h9-10,14-15,17H,7-8H2,1-6H3. The van der Waals surface area contributed by atoms with Gasteiger partial charge in [-0.15, -0.1) is 0 Å². The molecule has 3 unspecified atom stereocenters. The van der Waals surface area contributed by atoms with Crippen molar-refractivity contribution in [2.45, 2.75) is 52.3 Å². The van der Waals surface area contributed by atoms with E-state index in [0.29, 0.717) is 6.04 Å². The summed E-state index contributed by atoms with van der Waals surface area (Å²) >= 11 is 0. The first-order chi connectivity index (χ1) is 8.82. The van der Waals surface area contributed by atoms with Crippen LogP contribution >= 0.6 is 0 Å². The fraction of sp³-hybridized carbons (Fsp3) is 0.625. The lowest BCUT2D eigenvalue weighted by molar-refractivity contribution is 0.550. The first-order valence-electron chi connectivity index (χ1n) is 6.96. The van der Waals surface area contributed by atoms with E-state index in [1.807, 2.05) is 6.92 Å². The lowest BCUT2D eigenvalue weighted by atomic mass is 9.95. The van der Waals surface area contributed by atoms with Gasteiger partial charge in [0, 0.05) is 28.3 Å². The topological polar surface area (TPSA) is 29.1 Å². The lowest BCUT2D eigenvalue weighted by Crippen LogP contribution is -2.25. The van der Waals surface area contributed by atoms with Crippen molar-refractivity contribution in [3.05, 3.63) is 34.4 Å². The maximum atomic E-state index is 11.3. The van der Waals surface area contributed by atoms with Crippen LogP contribution in [0.25, 0.3) is 0 Å². The largest absolute Gasteiger partial charge is 0.310 e. The van der Waals surface area contributed by atoms with Gasteiger partial charge in [-0.05, 0) is 57.4 Å². The van der Waals surface area contributed by atoms with Gasteiger partial charge in [-0.1, -0.05) is 24.6 Å². The van der Waals surface area contributed by atoms with Gasteiger partial charge in [-0.2, -0.15) is 0 Å². The molecule has 108 valence electrons. The van der Waals surface area contributed by atoms with Gasteiger partial charge in [0.05, 0.1) is 0 Å². The molecule has 3 heteroatoms. The number of benzene rings is 1. The maximum absolute atomic E-state index is 11.3. The summed E-state index contributed by atoms with van der Waals surface area (Å²) in [7, 11) is -0.721. The van der Waals surface area contributed by atoms with Gasteiger partial charge in [0.15, 0.2) is 0 Å². The van der Waals surface area contributed by atoms with E-state index < -0.39 is 10.8 Å². The minimum Gasteiger partial charge on any atom is -0.310 e. The number of rotatable bonds is 6. The molecule has 0 aliphatic rings. The Labute approximate surface area is 120 Å². The summed E-state index contributed by atoms with van der Waals surface area (Å²) in [5.41, 5.74) is 5.42. The van der Waals surface area contributed by atoms with Crippen LogP contribution < -0.4 is 5.32 Å². The third kappa shape index (κ3) is 4.73. The van der Waals surface area contributed by atoms with Crippen LogP contribution in [0.1, 0.15) is 48.6 Å². The molecule has 0 saturated heterocycles. The zero-order valence-electron chi connectivity index (χ0n) is 13.0. The third-order valence-electron chi connectivity index (χ3n) is 3.74. The van der Waals surface area contributed by atoms with Crippen LogP contribution in [0.5, 0.6) is 0 Å². The van der Waals surface area contributed by atoms with Crippen molar-refractivity contribution in [2.75, 3.05) is 12.8 Å². The monoisotopic (exact) mass is 281 g/mol. The first kappa shape index (κ1) is 16.4. The van der Waals surface area contributed by atoms with Gasteiger partial charge in [-0.3, -0.25) is 4.21 Å². The second kappa shape index (κ2) is 7.20. The first-order valence-corrected chi connectivity index (χ1v) is 8.58. The van der Waals surface area contributed by atoms with Gasteiger partial charge in [-0.25, -0.2) is 0 Å². The fourth-order valence-electron chi connectivity index (χ4n) is 2.65. The average Bonchev–Trinajstić information content (AvgIpc) is 2.26. The van der Waals surface area contributed by atoms with Crippen LogP contribution in [0.15, 0.2) is 12.1 Å². The summed E-state index contributed by atoms with van der Waals surface area (Å²) in [4.78, 5) is 0. The van der Waals surface area contributed by atoms with Crippen molar-refractivity contribution in [2.24, 2.45) is 0 Å². The minimum absolute atomic E-state index is 0.264. The summed E-state index contributed by atoms with van der Waals surface area (Å²) in [6.07, 6.45) is 2.74. The van der Waals surface area contributed by atoms with E-state index >= 15 is 0 Å². The van der Waals surface area contributed by atoms with Crippen LogP contribution in [-0.4, -0.2) is 22.3 Å². The molecule has 19 heavy (non-hydrogen) atoms. The Morgan fingerprint density at radius 2 is 1.68 bits per heavy atom. The Kier molecular flexibility index (Phi) is 6.21. The van der Waals surface area contributed by atoms with Crippen molar-refractivity contribution < 1.29 is 4.21 Å². The van der Waals surface area contributed by atoms with Crippen LogP contribution in [0.2, 0.25) is 0 Å². The predicted octanol–water partition coefficient (Wildman–Crippen LogP) is 3.42. The quantitative estimate of drug-likeness (QED) is 0.865. The Balaban J connectivity index is 2.64. The molecule has 1 aromatic rings. The van der Waals surface area contributed by atoms with E-state index in [0.717, 1.165) is 13.0 Å². The average molecular weight is 281 g/mol. The predicted molar refractivity (Wildman–Crippen MR) is 85.2 cm³/mol. The van der Waals surface area contributed by atoms with Crippen LogP contribution in [0.4, 0.5) is 0 Å². The molecular formula is C16H27NOS. The Morgan fingerprint density at radius 1 is 1.16 bits per heavy atom. The Bertz CT molecular complexity index is 433. The maximum Gasteiger partial charge on any atom is 0.0329 e. The molecule has 1 N–H and O–H groups in total. The van der Waals surface area contributed by atoms with Crippen LogP contribution in [0.3, 0.4) is 0 Å². The van der Waals surface area contributed by atoms with Crippen molar-refractivity contribution in [1.82, 2.24) is 5.32 Å². The second-order valence-electron chi connectivity index (χ2n) is 5.59. The molecule has 0 bridgehead atoms. The summed E-state index contributed by atoms with van der Waals surface area (Å²) < 4.78 is 11.3.